The summed E-state index contributed by atoms with van der Waals surface area (Å²) >= 11 is 1.93. The summed E-state index contributed by atoms with van der Waals surface area (Å²) in [6, 6.07) is 0. The maximum Gasteiger partial charge on any atom is 0.156 e. The number of unbranched alkanes of at least 4 members (excludes halogenated alkanes) is 1. The lowest BCUT2D eigenvalue weighted by atomic mass is 10.00. The van der Waals surface area contributed by atoms with Gasteiger partial charge in [-0.2, -0.15) is 0 Å². The molecule has 16 heavy (non-hydrogen) atoms. The standard InChI is InChI=1S/C13H26N2S/c1-4-7-8-11(5-2)9-14-13-15-10-12(6-3)16-13/h11-12H,4-10H2,1-3H3,(H,14,15). The van der Waals surface area contributed by atoms with Crippen LogP contribution < -0.4 is 5.32 Å². The van der Waals surface area contributed by atoms with Crippen molar-refractivity contribution in [1.29, 1.82) is 0 Å². The smallest absolute Gasteiger partial charge is 0.156 e. The average molecular weight is 242 g/mol. The van der Waals surface area contributed by atoms with Crippen LogP contribution in [-0.2, 0) is 0 Å². The van der Waals surface area contributed by atoms with Gasteiger partial charge in [0.05, 0.1) is 6.54 Å². The molecule has 0 bridgehead atoms. The predicted octanol–water partition coefficient (Wildman–Crippen LogP) is 3.67. The molecule has 3 heteroatoms. The first-order chi connectivity index (χ1) is 7.80. The zero-order valence-corrected chi connectivity index (χ0v) is 11.8. The van der Waals surface area contributed by atoms with Gasteiger partial charge < -0.3 is 5.32 Å². The van der Waals surface area contributed by atoms with Crippen LogP contribution >= 0.6 is 11.8 Å². The van der Waals surface area contributed by atoms with E-state index in [1.165, 1.54) is 37.3 Å². The van der Waals surface area contributed by atoms with Crippen LogP contribution in [-0.4, -0.2) is 23.5 Å². The molecule has 0 amide bonds. The molecule has 1 rings (SSSR count). The van der Waals surface area contributed by atoms with Crippen LogP contribution in [0.25, 0.3) is 0 Å². The van der Waals surface area contributed by atoms with Gasteiger partial charge in [0.25, 0.3) is 0 Å². The van der Waals surface area contributed by atoms with Crippen molar-refractivity contribution in [3.05, 3.63) is 0 Å². The summed E-state index contributed by atoms with van der Waals surface area (Å²) in [6.07, 6.45) is 6.53. The SMILES string of the molecule is CCCCC(CC)CNC1=NCC(CC)S1. The summed E-state index contributed by atoms with van der Waals surface area (Å²) in [4.78, 5) is 4.54. The van der Waals surface area contributed by atoms with Crippen LogP contribution in [0.2, 0.25) is 0 Å². The minimum atomic E-state index is 0.721. The van der Waals surface area contributed by atoms with Crippen LogP contribution in [0.3, 0.4) is 0 Å². The summed E-state index contributed by atoms with van der Waals surface area (Å²) in [5, 5.41) is 5.42. The molecule has 0 saturated carbocycles. The number of amidine groups is 1. The number of aliphatic imine (C=N–C) groups is 1. The van der Waals surface area contributed by atoms with Crippen LogP contribution in [0.5, 0.6) is 0 Å². The molecular weight excluding hydrogens is 216 g/mol. The second-order valence-corrected chi connectivity index (χ2v) is 5.88. The van der Waals surface area contributed by atoms with E-state index in [0.29, 0.717) is 0 Å². The molecule has 0 aromatic carbocycles. The number of hydrogen-bond donors (Lipinski definition) is 1. The molecule has 1 heterocycles. The predicted molar refractivity (Wildman–Crippen MR) is 75.3 cm³/mol. The maximum atomic E-state index is 4.54. The van der Waals surface area contributed by atoms with Crippen molar-refractivity contribution in [2.24, 2.45) is 10.9 Å². The van der Waals surface area contributed by atoms with Crippen molar-refractivity contribution in [3.63, 3.8) is 0 Å². The highest BCUT2D eigenvalue weighted by molar-refractivity contribution is 8.14. The number of nitrogens with one attached hydrogen (secondary N) is 1. The van der Waals surface area contributed by atoms with Gasteiger partial charge >= 0.3 is 0 Å². The summed E-state index contributed by atoms with van der Waals surface area (Å²) in [7, 11) is 0. The van der Waals surface area contributed by atoms with Crippen molar-refractivity contribution in [1.82, 2.24) is 5.32 Å². The van der Waals surface area contributed by atoms with Gasteiger partial charge in [-0.15, -0.1) is 0 Å². The van der Waals surface area contributed by atoms with E-state index in [1.54, 1.807) is 0 Å². The Morgan fingerprint density at radius 2 is 2.25 bits per heavy atom. The van der Waals surface area contributed by atoms with Crippen molar-refractivity contribution >= 4 is 16.9 Å². The van der Waals surface area contributed by atoms with E-state index in [1.807, 2.05) is 11.8 Å². The van der Waals surface area contributed by atoms with E-state index < -0.39 is 0 Å². The fraction of sp³-hybridized carbons (Fsp3) is 0.923. The minimum absolute atomic E-state index is 0.721. The molecule has 94 valence electrons. The average Bonchev–Trinajstić information content (AvgIpc) is 2.77. The van der Waals surface area contributed by atoms with Crippen molar-refractivity contribution < 1.29 is 0 Å². The Labute approximate surface area is 105 Å². The van der Waals surface area contributed by atoms with E-state index >= 15 is 0 Å². The molecule has 2 atom stereocenters. The fourth-order valence-electron chi connectivity index (χ4n) is 1.90. The second-order valence-electron chi connectivity index (χ2n) is 4.59. The highest BCUT2D eigenvalue weighted by atomic mass is 32.2. The lowest BCUT2D eigenvalue weighted by Crippen LogP contribution is -2.26. The Morgan fingerprint density at radius 1 is 1.44 bits per heavy atom. The zero-order valence-electron chi connectivity index (χ0n) is 11.0. The molecule has 1 aliphatic heterocycles. The summed E-state index contributed by atoms with van der Waals surface area (Å²) in [5.74, 6) is 0.823. The highest BCUT2D eigenvalue weighted by Crippen LogP contribution is 2.22. The molecule has 0 radical (unpaired) electrons. The fourth-order valence-corrected chi connectivity index (χ4v) is 2.85. The van der Waals surface area contributed by atoms with Gasteiger partial charge in [-0.05, 0) is 18.8 Å². The van der Waals surface area contributed by atoms with Crippen LogP contribution in [0.4, 0.5) is 0 Å². The van der Waals surface area contributed by atoms with Crippen molar-refractivity contribution in [2.45, 2.75) is 58.1 Å². The van der Waals surface area contributed by atoms with Crippen LogP contribution in [0.15, 0.2) is 4.99 Å². The Kier molecular flexibility index (Phi) is 6.93. The molecule has 0 aliphatic carbocycles. The van der Waals surface area contributed by atoms with Crippen molar-refractivity contribution in [2.75, 3.05) is 13.1 Å². The van der Waals surface area contributed by atoms with Gasteiger partial charge in [0.15, 0.2) is 5.17 Å². The van der Waals surface area contributed by atoms with Crippen LogP contribution in [0, 0.1) is 5.92 Å². The lowest BCUT2D eigenvalue weighted by molar-refractivity contribution is 0.447. The number of nitrogens with zero attached hydrogens (tertiary/aromatic N) is 1. The van der Waals surface area contributed by atoms with Gasteiger partial charge in [-0.3, -0.25) is 4.99 Å². The van der Waals surface area contributed by atoms with E-state index in [9.17, 15) is 0 Å². The third-order valence-corrected chi connectivity index (χ3v) is 4.57. The summed E-state index contributed by atoms with van der Waals surface area (Å²) in [6.45, 7) is 8.92. The zero-order chi connectivity index (χ0) is 11.8. The van der Waals surface area contributed by atoms with Gasteiger partial charge in [0.2, 0.25) is 0 Å². The Hall–Kier alpha value is -0.180. The molecular formula is C13H26N2S. The van der Waals surface area contributed by atoms with E-state index in [-0.39, 0.29) is 0 Å². The molecule has 1 aliphatic rings. The second kappa shape index (κ2) is 7.99. The van der Waals surface area contributed by atoms with E-state index in [2.05, 4.69) is 31.1 Å². The summed E-state index contributed by atoms with van der Waals surface area (Å²) in [5.41, 5.74) is 0. The van der Waals surface area contributed by atoms with Gasteiger partial charge in [0, 0.05) is 11.8 Å². The molecule has 0 fully saturated rings. The quantitative estimate of drug-likeness (QED) is 0.736. The Bertz CT molecular complexity index is 216. The number of rotatable bonds is 7. The first kappa shape index (κ1) is 13.9. The molecule has 2 unspecified atom stereocenters. The third-order valence-electron chi connectivity index (χ3n) is 3.26. The number of hydrogen-bond acceptors (Lipinski definition) is 3. The Morgan fingerprint density at radius 3 is 2.81 bits per heavy atom. The van der Waals surface area contributed by atoms with Gasteiger partial charge in [0.1, 0.15) is 0 Å². The third kappa shape index (κ3) is 4.77. The highest BCUT2D eigenvalue weighted by Gasteiger charge is 2.17. The Balaban J connectivity index is 2.17. The molecule has 1 N–H and O–H groups in total. The minimum Gasteiger partial charge on any atom is -0.365 e. The van der Waals surface area contributed by atoms with Gasteiger partial charge in [-0.1, -0.05) is 51.8 Å². The van der Waals surface area contributed by atoms with Crippen LogP contribution in [0.1, 0.15) is 52.9 Å². The van der Waals surface area contributed by atoms with Crippen molar-refractivity contribution in [3.8, 4) is 0 Å². The topological polar surface area (TPSA) is 24.4 Å². The monoisotopic (exact) mass is 242 g/mol. The lowest BCUT2D eigenvalue weighted by Gasteiger charge is -2.15. The normalized spacial score (nSPS) is 21.9. The molecule has 0 aromatic heterocycles. The maximum absolute atomic E-state index is 4.54. The molecule has 0 saturated heterocycles. The first-order valence-corrected chi connectivity index (χ1v) is 7.63. The largest absolute Gasteiger partial charge is 0.365 e. The van der Waals surface area contributed by atoms with E-state index in [0.717, 1.165) is 24.3 Å². The summed E-state index contributed by atoms with van der Waals surface area (Å²) < 4.78 is 0. The molecule has 2 nitrogen and oxygen atoms in total. The number of thioether (sulfide) groups is 1. The van der Waals surface area contributed by atoms with E-state index in [4.69, 9.17) is 0 Å². The first-order valence-electron chi connectivity index (χ1n) is 6.75. The molecule has 0 spiro atoms. The molecule has 0 aromatic rings. The van der Waals surface area contributed by atoms with Gasteiger partial charge in [-0.25, -0.2) is 0 Å².